The van der Waals surface area contributed by atoms with Crippen molar-refractivity contribution < 1.29 is 42.6 Å². The van der Waals surface area contributed by atoms with Gasteiger partial charge in [0, 0.05) is 45.8 Å². The van der Waals surface area contributed by atoms with E-state index in [1.54, 1.807) is 50.6 Å². The van der Waals surface area contributed by atoms with E-state index in [1.807, 2.05) is 86.7 Å². The van der Waals surface area contributed by atoms with Crippen LogP contribution in [0.15, 0.2) is 97.1 Å². The van der Waals surface area contributed by atoms with Crippen LogP contribution >= 0.6 is 0 Å². The van der Waals surface area contributed by atoms with Crippen molar-refractivity contribution in [1.29, 1.82) is 0 Å². The molecule has 19 nitrogen and oxygen atoms in total. The lowest BCUT2D eigenvalue weighted by Crippen LogP contribution is -2.03. The number of aromatic nitrogens is 10. The summed E-state index contributed by atoms with van der Waals surface area (Å²) in [6.07, 6.45) is 7.78. The number of aryl methyl sites for hydroxylation is 2. The predicted octanol–water partition coefficient (Wildman–Crippen LogP) is 8.59. The number of tetrazole rings is 2. The number of nitrogens with one attached hydrogen (secondary N) is 2. The Bertz CT molecular complexity index is 2900. The first-order valence-electron chi connectivity index (χ1n) is 20.9. The minimum Gasteiger partial charge on any atom is -0.497 e. The van der Waals surface area contributed by atoms with Crippen molar-refractivity contribution in [2.45, 2.75) is 13.8 Å². The van der Waals surface area contributed by atoms with E-state index in [9.17, 15) is 0 Å². The van der Waals surface area contributed by atoms with E-state index in [-0.39, 0.29) is 38.6 Å². The number of ether oxygens (including phenoxy) is 9. The SMILES string of the molecule is COc1ccc(-c2c(C=CCOCC=Cc3c(C)nc(Oc4ccc5c(c4)OCO5)c(-c4nn[nH]n4)c3-c3ccc(OC)cc3)c(C)nc(Oc3ccc4c(c3)OCO4)c2-c2nn[nH]n2)cc1. The summed E-state index contributed by atoms with van der Waals surface area (Å²) in [4.78, 5) is 9.86. The minimum absolute atomic E-state index is 0.132. The van der Waals surface area contributed by atoms with Crippen molar-refractivity contribution in [2.24, 2.45) is 0 Å². The molecule has 10 rings (SSSR count). The molecule has 0 saturated heterocycles. The molecule has 67 heavy (non-hydrogen) atoms. The van der Waals surface area contributed by atoms with Crippen LogP contribution in [0, 0.1) is 13.8 Å². The Morgan fingerprint density at radius 2 is 0.940 bits per heavy atom. The molecule has 0 aliphatic carbocycles. The molecule has 2 aliphatic rings. The van der Waals surface area contributed by atoms with Crippen molar-refractivity contribution in [2.75, 3.05) is 41.0 Å². The highest BCUT2D eigenvalue weighted by Gasteiger charge is 2.27. The molecule has 336 valence electrons. The number of rotatable bonds is 16. The second kappa shape index (κ2) is 18.7. The number of nitrogens with zero attached hydrogens (tertiary/aromatic N) is 8. The maximum atomic E-state index is 6.45. The third kappa shape index (κ3) is 8.73. The van der Waals surface area contributed by atoms with Gasteiger partial charge in [0.2, 0.25) is 37.0 Å². The van der Waals surface area contributed by atoms with Gasteiger partial charge in [-0.15, -0.1) is 20.4 Å². The van der Waals surface area contributed by atoms with Crippen LogP contribution in [-0.4, -0.2) is 92.2 Å². The van der Waals surface area contributed by atoms with Gasteiger partial charge in [-0.05, 0) is 83.9 Å². The van der Waals surface area contributed by atoms with Crippen molar-refractivity contribution in [3.8, 4) is 103 Å². The van der Waals surface area contributed by atoms with E-state index in [4.69, 9.17) is 52.6 Å². The molecule has 2 N–H and O–H groups in total. The molecule has 4 aromatic heterocycles. The number of hydrogen-bond acceptors (Lipinski definition) is 17. The van der Waals surface area contributed by atoms with Crippen LogP contribution < -0.4 is 37.9 Å². The van der Waals surface area contributed by atoms with Crippen LogP contribution in [0.1, 0.15) is 22.5 Å². The Morgan fingerprint density at radius 1 is 0.522 bits per heavy atom. The Kier molecular flexibility index (Phi) is 11.8. The quantitative estimate of drug-likeness (QED) is 0.0868. The fourth-order valence-corrected chi connectivity index (χ4v) is 7.64. The molecule has 6 heterocycles. The molecule has 0 unspecified atom stereocenters. The van der Waals surface area contributed by atoms with Crippen LogP contribution in [-0.2, 0) is 4.74 Å². The molecule has 0 atom stereocenters. The van der Waals surface area contributed by atoms with E-state index in [0.29, 0.717) is 80.2 Å². The summed E-state index contributed by atoms with van der Waals surface area (Å²) >= 11 is 0. The molecule has 2 aliphatic heterocycles. The topological polar surface area (TPSA) is 218 Å². The lowest BCUT2D eigenvalue weighted by molar-refractivity contribution is 0.173. The van der Waals surface area contributed by atoms with Gasteiger partial charge in [-0.25, -0.2) is 9.97 Å². The molecular weight excluding hydrogens is 861 g/mol. The van der Waals surface area contributed by atoms with Crippen LogP contribution in [0.3, 0.4) is 0 Å². The largest absolute Gasteiger partial charge is 0.497 e. The highest BCUT2D eigenvalue weighted by Crippen LogP contribution is 2.46. The van der Waals surface area contributed by atoms with Crippen LogP contribution in [0.25, 0.3) is 57.2 Å². The first-order chi connectivity index (χ1) is 32.9. The third-order valence-electron chi connectivity index (χ3n) is 10.8. The van der Waals surface area contributed by atoms with Crippen molar-refractivity contribution in [1.82, 2.24) is 51.2 Å². The van der Waals surface area contributed by atoms with E-state index >= 15 is 0 Å². The van der Waals surface area contributed by atoms with Gasteiger partial charge in [0.1, 0.15) is 23.0 Å². The highest BCUT2D eigenvalue weighted by atomic mass is 16.7. The van der Waals surface area contributed by atoms with Gasteiger partial charge in [0.15, 0.2) is 23.0 Å². The summed E-state index contributed by atoms with van der Waals surface area (Å²) in [6, 6.07) is 26.0. The molecule has 0 bridgehead atoms. The zero-order chi connectivity index (χ0) is 45.7. The van der Waals surface area contributed by atoms with Gasteiger partial charge < -0.3 is 42.6 Å². The number of H-pyrrole nitrogens is 2. The Balaban J connectivity index is 0.952. The standard InChI is InChI=1S/C48H40N10O9/c1-27-35(41(29-9-13-31(59-3)14-10-29)43(45-51-55-56-52-45)47(49-27)66-33-17-19-37-39(23-33)64-25-62-37)7-5-21-61-22-6-8-36-28(2)50-48(67-34-18-20-38-40(24-34)65-26-63-38)44(46-53-57-58-54-46)42(36)30-11-15-32(60-4)16-12-30/h5-20,23-24H,21-22,25-26H2,1-4H3,(H,51,52,55,56)(H,53,54,57,58). The lowest BCUT2D eigenvalue weighted by Gasteiger charge is -2.18. The smallest absolute Gasteiger partial charge is 0.231 e. The van der Waals surface area contributed by atoms with Gasteiger partial charge in [-0.1, -0.05) is 48.6 Å². The molecule has 0 radical (unpaired) electrons. The third-order valence-corrected chi connectivity index (χ3v) is 10.8. The molecule has 0 spiro atoms. The molecular formula is C48H40N10O9. The summed E-state index contributed by atoms with van der Waals surface area (Å²) < 4.78 is 52.3. The molecule has 0 amide bonds. The average Bonchev–Trinajstić information content (AvgIpc) is 4.21. The zero-order valence-electron chi connectivity index (χ0n) is 36.5. The molecule has 4 aromatic carbocycles. The predicted molar refractivity (Wildman–Crippen MR) is 242 cm³/mol. The number of aromatic amines is 2. The fourth-order valence-electron chi connectivity index (χ4n) is 7.64. The second-order valence-electron chi connectivity index (χ2n) is 14.8. The van der Waals surface area contributed by atoms with Crippen molar-refractivity contribution >= 4 is 12.2 Å². The van der Waals surface area contributed by atoms with Crippen molar-refractivity contribution in [3.63, 3.8) is 0 Å². The molecule has 0 fully saturated rings. The normalized spacial score (nSPS) is 12.6. The van der Waals surface area contributed by atoms with E-state index in [1.165, 1.54) is 0 Å². The zero-order valence-corrected chi connectivity index (χ0v) is 36.5. The Morgan fingerprint density at radius 3 is 1.34 bits per heavy atom. The highest BCUT2D eigenvalue weighted by molar-refractivity contribution is 5.92. The summed E-state index contributed by atoms with van der Waals surface area (Å²) in [5, 5.41) is 30.3. The summed E-state index contributed by atoms with van der Waals surface area (Å²) in [5.74, 6) is 5.91. The fraction of sp³-hybridized carbons (Fsp3) is 0.167. The van der Waals surface area contributed by atoms with Gasteiger partial charge in [0.05, 0.1) is 38.6 Å². The summed E-state index contributed by atoms with van der Waals surface area (Å²) in [7, 11) is 3.24. The van der Waals surface area contributed by atoms with Gasteiger partial charge in [-0.3, -0.25) is 0 Å². The Labute approximate surface area is 382 Å². The first kappa shape index (κ1) is 42.1. The number of pyridine rings is 2. The second-order valence-corrected chi connectivity index (χ2v) is 14.8. The lowest BCUT2D eigenvalue weighted by atomic mass is 9.93. The summed E-state index contributed by atoms with van der Waals surface area (Å²) in [6.45, 7) is 4.61. The van der Waals surface area contributed by atoms with Crippen LogP contribution in [0.5, 0.6) is 57.8 Å². The van der Waals surface area contributed by atoms with Gasteiger partial charge in [-0.2, -0.15) is 10.4 Å². The maximum Gasteiger partial charge on any atom is 0.231 e. The first-order valence-corrected chi connectivity index (χ1v) is 20.9. The van der Waals surface area contributed by atoms with E-state index in [0.717, 1.165) is 33.4 Å². The summed E-state index contributed by atoms with van der Waals surface area (Å²) in [5.41, 5.74) is 7.22. The molecule has 0 saturated carbocycles. The Hall–Kier alpha value is -8.84. The molecule has 19 heteroatoms. The van der Waals surface area contributed by atoms with E-state index in [2.05, 4.69) is 41.2 Å². The number of hydrogen-bond donors (Lipinski definition) is 2. The average molecular weight is 901 g/mol. The van der Waals surface area contributed by atoms with Crippen LogP contribution in [0.4, 0.5) is 0 Å². The van der Waals surface area contributed by atoms with Crippen molar-refractivity contribution in [3.05, 3.63) is 120 Å². The van der Waals surface area contributed by atoms with Crippen LogP contribution in [0.2, 0.25) is 0 Å². The number of benzene rings is 4. The molecule has 8 aromatic rings. The van der Waals surface area contributed by atoms with Gasteiger partial charge in [0.25, 0.3) is 0 Å². The minimum atomic E-state index is 0.132. The number of fused-ring (bicyclic) bond motifs is 2. The number of methoxy groups -OCH3 is 2. The maximum absolute atomic E-state index is 6.45. The monoisotopic (exact) mass is 900 g/mol. The van der Waals surface area contributed by atoms with E-state index < -0.39 is 0 Å². The van der Waals surface area contributed by atoms with Gasteiger partial charge >= 0.3 is 0 Å².